The minimum atomic E-state index is -0.521. The van der Waals surface area contributed by atoms with Gasteiger partial charge in [0, 0.05) is 6.07 Å². The van der Waals surface area contributed by atoms with Crippen molar-refractivity contribution in [3.8, 4) is 17.2 Å². The Bertz CT molecular complexity index is 798. The van der Waals surface area contributed by atoms with Gasteiger partial charge in [-0.2, -0.15) is 4.98 Å². The van der Waals surface area contributed by atoms with Gasteiger partial charge in [-0.25, -0.2) is 4.40 Å². The van der Waals surface area contributed by atoms with Crippen LogP contribution in [0.3, 0.4) is 0 Å². The molecule has 1 N–H and O–H groups in total. The molecule has 0 aliphatic rings. The van der Waals surface area contributed by atoms with E-state index in [1.807, 2.05) is 0 Å². The van der Waals surface area contributed by atoms with Crippen LogP contribution < -0.4 is 5.56 Å². The first-order chi connectivity index (χ1) is 8.58. The fourth-order valence-electron chi connectivity index (χ4n) is 1.70. The zero-order valence-electron chi connectivity index (χ0n) is 9.54. The topological polar surface area (TPSA) is 107 Å². The van der Waals surface area contributed by atoms with Crippen LogP contribution in [0.1, 0.15) is 11.6 Å². The number of nitrogens with zero attached hydrogens (tertiary/aromatic N) is 4. The van der Waals surface area contributed by atoms with Gasteiger partial charge in [-0.1, -0.05) is 10.3 Å². The second-order valence-corrected chi connectivity index (χ2v) is 3.76. The van der Waals surface area contributed by atoms with Crippen molar-refractivity contribution in [3.05, 3.63) is 28.1 Å². The average Bonchev–Trinajstić information content (AvgIpc) is 2.86. The molecule has 0 amide bonds. The second kappa shape index (κ2) is 3.42. The van der Waals surface area contributed by atoms with Crippen LogP contribution in [0.2, 0.25) is 0 Å². The quantitative estimate of drug-likeness (QED) is 0.674. The van der Waals surface area contributed by atoms with Crippen molar-refractivity contribution in [2.75, 3.05) is 0 Å². The van der Waals surface area contributed by atoms with Crippen molar-refractivity contribution in [1.82, 2.24) is 19.7 Å². The SMILES string of the molecule is Cc1noc(-c2c(O)cc3onc(C)n3c2=O)n1. The molecule has 8 heteroatoms. The summed E-state index contributed by atoms with van der Waals surface area (Å²) in [6.07, 6.45) is 0. The smallest absolute Gasteiger partial charge is 0.275 e. The van der Waals surface area contributed by atoms with Gasteiger partial charge in [0.1, 0.15) is 11.3 Å². The molecule has 0 spiro atoms. The Morgan fingerprint density at radius 1 is 1.28 bits per heavy atom. The predicted molar refractivity (Wildman–Crippen MR) is 58.2 cm³/mol. The zero-order chi connectivity index (χ0) is 12.9. The first-order valence-electron chi connectivity index (χ1n) is 5.09. The third-order valence-corrected chi connectivity index (χ3v) is 2.49. The summed E-state index contributed by atoms with van der Waals surface area (Å²) in [7, 11) is 0. The number of aryl methyl sites for hydroxylation is 2. The van der Waals surface area contributed by atoms with E-state index in [4.69, 9.17) is 9.05 Å². The summed E-state index contributed by atoms with van der Waals surface area (Å²) in [6.45, 7) is 3.22. The number of aromatic hydroxyl groups is 1. The Kier molecular flexibility index (Phi) is 2.00. The van der Waals surface area contributed by atoms with E-state index in [-0.39, 0.29) is 22.9 Å². The van der Waals surface area contributed by atoms with Gasteiger partial charge in [-0.15, -0.1) is 0 Å². The normalized spacial score (nSPS) is 11.2. The van der Waals surface area contributed by atoms with Gasteiger partial charge in [0.25, 0.3) is 11.4 Å². The number of aromatic nitrogens is 4. The standard InChI is InChI=1S/C10H8N4O4/c1-4-11-9(18-12-4)8-6(15)3-7-14(10(8)16)5(2)13-17-7/h3,15H,1-2H3. The number of rotatable bonds is 1. The van der Waals surface area contributed by atoms with Crippen LogP contribution in [0.15, 0.2) is 19.9 Å². The molecule has 0 atom stereocenters. The molecular weight excluding hydrogens is 240 g/mol. The van der Waals surface area contributed by atoms with Crippen LogP contribution in [0.25, 0.3) is 17.2 Å². The van der Waals surface area contributed by atoms with Crippen LogP contribution in [-0.4, -0.2) is 24.8 Å². The molecule has 3 rings (SSSR count). The summed E-state index contributed by atoms with van der Waals surface area (Å²) in [5, 5.41) is 17.1. The van der Waals surface area contributed by atoms with Crippen molar-refractivity contribution in [1.29, 1.82) is 0 Å². The van der Waals surface area contributed by atoms with Gasteiger partial charge in [0.2, 0.25) is 5.71 Å². The van der Waals surface area contributed by atoms with E-state index in [9.17, 15) is 9.90 Å². The monoisotopic (exact) mass is 248 g/mol. The van der Waals surface area contributed by atoms with E-state index in [2.05, 4.69) is 15.3 Å². The van der Waals surface area contributed by atoms with Crippen LogP contribution in [0.5, 0.6) is 5.75 Å². The van der Waals surface area contributed by atoms with Crippen molar-refractivity contribution < 1.29 is 14.2 Å². The maximum Gasteiger partial charge on any atom is 0.275 e. The highest BCUT2D eigenvalue weighted by atomic mass is 16.5. The van der Waals surface area contributed by atoms with Crippen LogP contribution in [0.4, 0.5) is 0 Å². The maximum atomic E-state index is 12.2. The van der Waals surface area contributed by atoms with Crippen molar-refractivity contribution in [2.24, 2.45) is 0 Å². The minimum Gasteiger partial charge on any atom is -0.507 e. The van der Waals surface area contributed by atoms with Crippen LogP contribution in [0, 0.1) is 13.8 Å². The Labute approximate surface area is 99.5 Å². The molecule has 0 aliphatic heterocycles. The first kappa shape index (κ1) is 10.5. The molecule has 18 heavy (non-hydrogen) atoms. The Morgan fingerprint density at radius 2 is 2.06 bits per heavy atom. The van der Waals surface area contributed by atoms with Crippen LogP contribution >= 0.6 is 0 Å². The zero-order valence-corrected chi connectivity index (χ0v) is 9.54. The molecule has 0 aliphatic carbocycles. The molecule has 0 saturated heterocycles. The highest BCUT2D eigenvalue weighted by molar-refractivity contribution is 5.64. The van der Waals surface area contributed by atoms with Gasteiger partial charge in [0.05, 0.1) is 0 Å². The third kappa shape index (κ3) is 1.32. The summed E-state index contributed by atoms with van der Waals surface area (Å²) >= 11 is 0. The number of fused-ring (bicyclic) bond motifs is 1. The first-order valence-corrected chi connectivity index (χ1v) is 5.09. The van der Waals surface area contributed by atoms with Crippen molar-refractivity contribution in [3.63, 3.8) is 0 Å². The lowest BCUT2D eigenvalue weighted by Gasteiger charge is -1.99. The lowest BCUT2D eigenvalue weighted by atomic mass is 10.2. The van der Waals surface area contributed by atoms with Gasteiger partial charge in [0.15, 0.2) is 11.6 Å². The highest BCUT2D eigenvalue weighted by Crippen LogP contribution is 2.25. The van der Waals surface area contributed by atoms with E-state index in [1.165, 1.54) is 10.5 Å². The van der Waals surface area contributed by atoms with Gasteiger partial charge in [-0.3, -0.25) is 4.79 Å². The third-order valence-electron chi connectivity index (χ3n) is 2.49. The Hall–Kier alpha value is -2.64. The summed E-state index contributed by atoms with van der Waals surface area (Å²) in [6, 6.07) is 1.27. The highest BCUT2D eigenvalue weighted by Gasteiger charge is 2.20. The molecule has 3 aromatic heterocycles. The average molecular weight is 248 g/mol. The molecule has 0 aromatic carbocycles. The van der Waals surface area contributed by atoms with Gasteiger partial charge < -0.3 is 14.2 Å². The molecule has 8 nitrogen and oxygen atoms in total. The largest absolute Gasteiger partial charge is 0.507 e. The Balaban J connectivity index is 2.42. The predicted octanol–water partition coefficient (Wildman–Crippen LogP) is 0.660. The molecule has 0 saturated carbocycles. The maximum absolute atomic E-state index is 12.2. The van der Waals surface area contributed by atoms with Crippen molar-refractivity contribution >= 4 is 5.71 Å². The van der Waals surface area contributed by atoms with Gasteiger partial charge >= 0.3 is 0 Å². The van der Waals surface area contributed by atoms with E-state index in [0.29, 0.717) is 11.6 Å². The molecule has 3 aromatic rings. The molecule has 0 fully saturated rings. The number of pyridine rings is 1. The summed E-state index contributed by atoms with van der Waals surface area (Å²) in [4.78, 5) is 16.1. The Morgan fingerprint density at radius 3 is 2.72 bits per heavy atom. The molecule has 0 unspecified atom stereocenters. The lowest BCUT2D eigenvalue weighted by Crippen LogP contribution is -2.16. The summed E-state index contributed by atoms with van der Waals surface area (Å²) < 4.78 is 11.0. The van der Waals surface area contributed by atoms with E-state index >= 15 is 0 Å². The molecule has 92 valence electrons. The fourth-order valence-corrected chi connectivity index (χ4v) is 1.70. The number of hydrogen-bond donors (Lipinski definition) is 1. The van der Waals surface area contributed by atoms with E-state index in [0.717, 1.165) is 0 Å². The molecule has 0 bridgehead atoms. The summed E-state index contributed by atoms with van der Waals surface area (Å²) in [5.74, 6) is 0.410. The van der Waals surface area contributed by atoms with E-state index < -0.39 is 5.56 Å². The van der Waals surface area contributed by atoms with Crippen LogP contribution in [-0.2, 0) is 0 Å². The molecule has 0 radical (unpaired) electrons. The fraction of sp³-hybridized carbons (Fsp3) is 0.200. The summed E-state index contributed by atoms with van der Waals surface area (Å²) in [5.41, 5.74) is -0.443. The second-order valence-electron chi connectivity index (χ2n) is 3.76. The number of hydrogen-bond acceptors (Lipinski definition) is 7. The van der Waals surface area contributed by atoms with Gasteiger partial charge in [-0.05, 0) is 13.8 Å². The van der Waals surface area contributed by atoms with Crippen molar-refractivity contribution in [2.45, 2.75) is 13.8 Å². The molecular formula is C10H8N4O4. The van der Waals surface area contributed by atoms with E-state index in [1.54, 1.807) is 13.8 Å². The molecule has 3 heterocycles. The minimum absolute atomic E-state index is 0.0370. The lowest BCUT2D eigenvalue weighted by molar-refractivity contribution is 0.418.